The van der Waals surface area contributed by atoms with Crippen LogP contribution in [0.1, 0.15) is 51.3 Å². The summed E-state index contributed by atoms with van der Waals surface area (Å²) in [5.41, 5.74) is 1.45. The molecule has 0 radical (unpaired) electrons. The van der Waals surface area contributed by atoms with Crippen LogP contribution < -0.4 is 10.3 Å². The third-order valence-electron chi connectivity index (χ3n) is 7.25. The molecular weight excluding hydrogens is 480 g/mol. The summed E-state index contributed by atoms with van der Waals surface area (Å²) < 4.78 is 36.2. The van der Waals surface area contributed by atoms with Crippen molar-refractivity contribution < 1.29 is 13.2 Å². The van der Waals surface area contributed by atoms with Gasteiger partial charge in [-0.25, -0.2) is 18.1 Å². The third-order valence-corrected chi connectivity index (χ3v) is 9.14. The number of ether oxygens (including phenoxy) is 1. The molecule has 11 heteroatoms. The number of nitrogens with one attached hydrogen (secondary N) is 1. The van der Waals surface area contributed by atoms with E-state index in [1.54, 1.807) is 18.2 Å². The van der Waals surface area contributed by atoms with Gasteiger partial charge in [-0.3, -0.25) is 4.79 Å². The molecule has 1 saturated heterocycles. The second-order valence-corrected chi connectivity index (χ2v) is 11.5. The Balaban J connectivity index is 1.64. The third kappa shape index (κ3) is 4.44. The number of aromatic amines is 1. The maximum Gasteiger partial charge on any atom is 0.262 e. The average molecular weight is 515 g/mol. The van der Waals surface area contributed by atoms with Crippen LogP contribution in [0.4, 0.5) is 0 Å². The molecule has 1 aromatic carbocycles. The standard InChI is InChI=1S/C25H34N6O4S/c1-4-20-22-24(31(28-20)17-8-6-7-9-17)26-23(27-25(22)32)19-16-18(10-11-21(19)35-5-2)36(33,34)30-14-12-29(3)13-15-30/h10-11,16-17H,4-9,12-15H2,1-3H3,(H,26,27,32). The number of sulfonamides is 1. The maximum atomic E-state index is 13.5. The monoisotopic (exact) mass is 514 g/mol. The first-order valence-corrected chi connectivity index (χ1v) is 14.2. The average Bonchev–Trinajstić information content (AvgIpc) is 3.52. The van der Waals surface area contributed by atoms with Gasteiger partial charge in [-0.05, 0) is 51.4 Å². The number of rotatable bonds is 7. The van der Waals surface area contributed by atoms with E-state index in [2.05, 4.69) is 9.88 Å². The molecule has 1 aliphatic heterocycles. The zero-order valence-electron chi connectivity index (χ0n) is 21.2. The van der Waals surface area contributed by atoms with Gasteiger partial charge in [-0.1, -0.05) is 19.8 Å². The fourth-order valence-electron chi connectivity index (χ4n) is 5.21. The van der Waals surface area contributed by atoms with Crippen molar-refractivity contribution in [3.05, 3.63) is 34.2 Å². The SMILES string of the molecule is CCOc1ccc(S(=O)(=O)N2CCN(C)CC2)cc1-c1nc2c(c(CC)nn2C2CCCC2)c(=O)[nH]1. The number of fused-ring (bicyclic) bond motifs is 1. The number of likely N-dealkylation sites (N-methyl/N-ethyl adjacent to an activating group) is 1. The first kappa shape index (κ1) is 24.9. The summed E-state index contributed by atoms with van der Waals surface area (Å²) in [6, 6.07) is 5.00. The highest BCUT2D eigenvalue weighted by atomic mass is 32.2. The Morgan fingerprint density at radius 2 is 1.83 bits per heavy atom. The van der Waals surface area contributed by atoms with Gasteiger partial charge in [0.1, 0.15) is 17.0 Å². The quantitative estimate of drug-likeness (QED) is 0.516. The zero-order chi connectivity index (χ0) is 25.4. The van der Waals surface area contributed by atoms with Crippen molar-refractivity contribution in [2.75, 3.05) is 39.8 Å². The number of piperazine rings is 1. The van der Waals surface area contributed by atoms with E-state index in [9.17, 15) is 13.2 Å². The summed E-state index contributed by atoms with van der Waals surface area (Å²) in [4.78, 5) is 23.3. The van der Waals surface area contributed by atoms with Gasteiger partial charge in [0.15, 0.2) is 5.65 Å². The minimum Gasteiger partial charge on any atom is -0.493 e. The highest BCUT2D eigenvalue weighted by Gasteiger charge is 2.29. The minimum atomic E-state index is -3.71. The Morgan fingerprint density at radius 1 is 1.11 bits per heavy atom. The zero-order valence-corrected chi connectivity index (χ0v) is 22.0. The number of H-pyrrole nitrogens is 1. The van der Waals surface area contributed by atoms with Crippen LogP contribution in [0.25, 0.3) is 22.4 Å². The van der Waals surface area contributed by atoms with Crippen LogP contribution >= 0.6 is 0 Å². The molecule has 0 atom stereocenters. The number of aromatic nitrogens is 4. The number of nitrogens with zero attached hydrogens (tertiary/aromatic N) is 5. The van der Waals surface area contributed by atoms with Crippen molar-refractivity contribution in [1.82, 2.24) is 29.0 Å². The van der Waals surface area contributed by atoms with E-state index in [0.717, 1.165) is 31.4 Å². The molecule has 0 amide bonds. The van der Waals surface area contributed by atoms with Gasteiger partial charge in [0, 0.05) is 26.2 Å². The van der Waals surface area contributed by atoms with Crippen LogP contribution in [0, 0.1) is 0 Å². The molecule has 2 aliphatic rings. The summed E-state index contributed by atoms with van der Waals surface area (Å²) >= 11 is 0. The molecule has 0 spiro atoms. The van der Waals surface area contributed by atoms with Crippen molar-refractivity contribution >= 4 is 21.1 Å². The molecule has 3 aromatic rings. The largest absolute Gasteiger partial charge is 0.493 e. The van der Waals surface area contributed by atoms with Gasteiger partial charge < -0.3 is 14.6 Å². The second-order valence-electron chi connectivity index (χ2n) is 9.59. The normalized spacial score (nSPS) is 18.3. The van der Waals surface area contributed by atoms with Gasteiger partial charge in [0.25, 0.3) is 5.56 Å². The van der Waals surface area contributed by atoms with Crippen LogP contribution in [-0.4, -0.2) is 77.2 Å². The highest BCUT2D eigenvalue weighted by molar-refractivity contribution is 7.89. The van der Waals surface area contributed by atoms with Gasteiger partial charge in [0.05, 0.1) is 28.8 Å². The predicted molar refractivity (Wildman–Crippen MR) is 138 cm³/mol. The lowest BCUT2D eigenvalue weighted by molar-refractivity contribution is 0.222. The van der Waals surface area contributed by atoms with E-state index in [4.69, 9.17) is 14.8 Å². The van der Waals surface area contributed by atoms with Crippen molar-refractivity contribution in [3.8, 4) is 17.1 Å². The van der Waals surface area contributed by atoms with Gasteiger partial charge in [-0.2, -0.15) is 9.40 Å². The second kappa shape index (κ2) is 9.95. The maximum absolute atomic E-state index is 13.5. The molecule has 5 rings (SSSR count). The first-order valence-electron chi connectivity index (χ1n) is 12.8. The van der Waals surface area contributed by atoms with Crippen molar-refractivity contribution in [3.63, 3.8) is 0 Å². The van der Waals surface area contributed by atoms with E-state index >= 15 is 0 Å². The number of aryl methyl sites for hydroxylation is 1. The Labute approximate surface area is 211 Å². The number of hydrogen-bond acceptors (Lipinski definition) is 7. The van der Waals surface area contributed by atoms with E-state index in [-0.39, 0.29) is 22.3 Å². The molecule has 1 N–H and O–H groups in total. The van der Waals surface area contributed by atoms with E-state index in [1.165, 1.54) is 4.31 Å². The molecule has 2 fully saturated rings. The summed E-state index contributed by atoms with van der Waals surface area (Å²) in [6.07, 6.45) is 4.90. The van der Waals surface area contributed by atoms with Crippen LogP contribution in [0.5, 0.6) is 5.75 Å². The van der Waals surface area contributed by atoms with Crippen molar-refractivity contribution in [2.24, 2.45) is 0 Å². The fourth-order valence-corrected chi connectivity index (χ4v) is 6.66. The molecule has 10 nitrogen and oxygen atoms in total. The fraction of sp³-hybridized carbons (Fsp3) is 0.560. The predicted octanol–water partition coefficient (Wildman–Crippen LogP) is 2.80. The van der Waals surface area contributed by atoms with E-state index < -0.39 is 10.0 Å². The molecular formula is C25H34N6O4S. The smallest absolute Gasteiger partial charge is 0.262 e. The van der Waals surface area contributed by atoms with Gasteiger partial charge >= 0.3 is 0 Å². The molecule has 1 saturated carbocycles. The van der Waals surface area contributed by atoms with Crippen molar-refractivity contribution in [2.45, 2.75) is 56.9 Å². The van der Waals surface area contributed by atoms with Crippen LogP contribution in [0.15, 0.2) is 27.9 Å². The highest BCUT2D eigenvalue weighted by Crippen LogP contribution is 2.34. The molecule has 1 aliphatic carbocycles. The molecule has 0 unspecified atom stereocenters. The Kier molecular flexibility index (Phi) is 6.88. The lowest BCUT2D eigenvalue weighted by atomic mass is 10.1. The van der Waals surface area contributed by atoms with Gasteiger partial charge in [-0.15, -0.1) is 0 Å². The van der Waals surface area contributed by atoms with Crippen LogP contribution in [-0.2, 0) is 16.4 Å². The Hall–Kier alpha value is -2.76. The number of benzene rings is 1. The van der Waals surface area contributed by atoms with E-state index in [0.29, 0.717) is 61.6 Å². The van der Waals surface area contributed by atoms with E-state index in [1.807, 2.05) is 25.6 Å². The first-order chi connectivity index (χ1) is 17.3. The minimum absolute atomic E-state index is 0.159. The van der Waals surface area contributed by atoms with Crippen LogP contribution in [0.2, 0.25) is 0 Å². The molecule has 0 bridgehead atoms. The lowest BCUT2D eigenvalue weighted by Gasteiger charge is -2.31. The Morgan fingerprint density at radius 3 is 2.50 bits per heavy atom. The summed E-state index contributed by atoms with van der Waals surface area (Å²) in [5.74, 6) is 0.758. The van der Waals surface area contributed by atoms with Crippen molar-refractivity contribution in [1.29, 1.82) is 0 Å². The summed E-state index contributed by atoms with van der Waals surface area (Å²) in [7, 11) is -1.72. The molecule has 36 heavy (non-hydrogen) atoms. The van der Waals surface area contributed by atoms with Crippen LogP contribution in [0.3, 0.4) is 0 Å². The van der Waals surface area contributed by atoms with Gasteiger partial charge in [0.2, 0.25) is 10.0 Å². The summed E-state index contributed by atoms with van der Waals surface area (Å²) in [5, 5.41) is 5.27. The molecule has 2 aromatic heterocycles. The summed E-state index contributed by atoms with van der Waals surface area (Å²) in [6.45, 7) is 6.46. The molecule has 3 heterocycles. The number of hydrogen-bond donors (Lipinski definition) is 1. The topological polar surface area (TPSA) is 113 Å². The lowest BCUT2D eigenvalue weighted by Crippen LogP contribution is -2.47. The Bertz CT molecular complexity index is 1420. The molecule has 194 valence electrons.